The molecule has 1 aliphatic rings. The quantitative estimate of drug-likeness (QED) is 0.790. The zero-order valence-electron chi connectivity index (χ0n) is 12.0. The van der Waals surface area contributed by atoms with Crippen LogP contribution in [0.25, 0.3) is 11.3 Å². The number of rotatable bonds is 2. The number of aromatic amines is 1. The van der Waals surface area contributed by atoms with Crippen LogP contribution >= 0.6 is 0 Å². The molecular formula is C17H24N2. The van der Waals surface area contributed by atoms with Crippen LogP contribution in [-0.2, 0) is 0 Å². The van der Waals surface area contributed by atoms with Crippen molar-refractivity contribution in [3.63, 3.8) is 0 Å². The molecule has 0 atom stereocenters. The average Bonchev–Trinajstić information content (AvgIpc) is 3.01. The van der Waals surface area contributed by atoms with Crippen LogP contribution in [0.1, 0.15) is 57.7 Å². The molecule has 0 spiro atoms. The summed E-state index contributed by atoms with van der Waals surface area (Å²) in [4.78, 5) is 8.05. The second-order valence-electron chi connectivity index (χ2n) is 4.88. The van der Waals surface area contributed by atoms with E-state index in [0.717, 1.165) is 5.69 Å². The molecule has 1 aromatic heterocycles. The van der Waals surface area contributed by atoms with Gasteiger partial charge in [-0.1, -0.05) is 63.4 Å². The first-order valence-corrected chi connectivity index (χ1v) is 7.54. The van der Waals surface area contributed by atoms with Gasteiger partial charge < -0.3 is 4.98 Å². The molecule has 1 N–H and O–H groups in total. The second-order valence-corrected chi connectivity index (χ2v) is 4.88. The molecule has 2 heteroatoms. The van der Waals surface area contributed by atoms with Gasteiger partial charge in [0.05, 0.1) is 11.9 Å². The number of hydrogen-bond donors (Lipinski definition) is 1. The first kappa shape index (κ1) is 13.9. The first-order chi connectivity index (χ1) is 9.43. The van der Waals surface area contributed by atoms with Crippen molar-refractivity contribution in [1.29, 1.82) is 0 Å². The highest BCUT2D eigenvalue weighted by atomic mass is 14.9. The topological polar surface area (TPSA) is 28.7 Å². The molecule has 0 bridgehead atoms. The zero-order chi connectivity index (χ0) is 13.5. The largest absolute Gasteiger partial charge is 0.342 e. The van der Waals surface area contributed by atoms with Gasteiger partial charge in [-0.25, -0.2) is 4.98 Å². The van der Waals surface area contributed by atoms with E-state index in [4.69, 9.17) is 0 Å². The summed E-state index contributed by atoms with van der Waals surface area (Å²) in [5.41, 5.74) is 2.37. The Morgan fingerprint density at radius 2 is 1.68 bits per heavy atom. The molecular weight excluding hydrogens is 232 g/mol. The highest BCUT2D eigenvalue weighted by molar-refractivity contribution is 5.58. The van der Waals surface area contributed by atoms with E-state index in [2.05, 4.69) is 34.2 Å². The molecule has 0 amide bonds. The van der Waals surface area contributed by atoms with Gasteiger partial charge in [-0.15, -0.1) is 0 Å². The standard InChI is InChI=1S/C15H18N2.C2H6/c1-3-7-12(8-4-1)14-11-16-15(17-14)13-9-5-2-6-10-13;1-2/h1,3-4,7-8,11,13H,2,5-6,9-10H2,(H,16,17);1-2H3. The van der Waals surface area contributed by atoms with E-state index in [0.29, 0.717) is 5.92 Å². The Balaban J connectivity index is 0.000000637. The fourth-order valence-electron chi connectivity index (χ4n) is 2.68. The molecule has 0 radical (unpaired) electrons. The van der Waals surface area contributed by atoms with Gasteiger partial charge in [0.25, 0.3) is 0 Å². The Kier molecular flexibility index (Phi) is 5.20. The number of H-pyrrole nitrogens is 1. The SMILES string of the molecule is CC.c1ccc(-c2cnc(C3CCCCC3)[nH]2)cc1. The molecule has 1 aliphatic carbocycles. The van der Waals surface area contributed by atoms with Gasteiger partial charge in [-0.05, 0) is 18.4 Å². The third kappa shape index (κ3) is 3.46. The number of aromatic nitrogens is 2. The van der Waals surface area contributed by atoms with E-state index >= 15 is 0 Å². The predicted molar refractivity (Wildman–Crippen MR) is 81.2 cm³/mol. The Morgan fingerprint density at radius 1 is 1.00 bits per heavy atom. The summed E-state index contributed by atoms with van der Waals surface area (Å²) in [5.74, 6) is 1.84. The fourth-order valence-corrected chi connectivity index (χ4v) is 2.68. The van der Waals surface area contributed by atoms with Crippen molar-refractivity contribution in [1.82, 2.24) is 9.97 Å². The predicted octanol–water partition coefficient (Wildman–Crippen LogP) is 5.15. The molecule has 1 fully saturated rings. The molecule has 1 saturated carbocycles. The van der Waals surface area contributed by atoms with E-state index in [1.54, 1.807) is 0 Å². The van der Waals surface area contributed by atoms with Gasteiger partial charge in [-0.2, -0.15) is 0 Å². The Hall–Kier alpha value is -1.57. The van der Waals surface area contributed by atoms with Crippen LogP contribution in [0.4, 0.5) is 0 Å². The minimum atomic E-state index is 0.654. The first-order valence-electron chi connectivity index (χ1n) is 7.54. The second kappa shape index (κ2) is 7.13. The van der Waals surface area contributed by atoms with E-state index in [1.165, 1.54) is 43.5 Å². The minimum Gasteiger partial charge on any atom is -0.342 e. The number of nitrogens with zero attached hydrogens (tertiary/aromatic N) is 1. The lowest BCUT2D eigenvalue weighted by Crippen LogP contribution is -2.06. The van der Waals surface area contributed by atoms with Gasteiger partial charge in [-0.3, -0.25) is 0 Å². The summed E-state index contributed by atoms with van der Waals surface area (Å²) in [6, 6.07) is 10.4. The van der Waals surface area contributed by atoms with Gasteiger partial charge in [0.15, 0.2) is 0 Å². The Morgan fingerprint density at radius 3 is 2.37 bits per heavy atom. The molecule has 3 rings (SSSR count). The molecule has 0 saturated heterocycles. The lowest BCUT2D eigenvalue weighted by molar-refractivity contribution is 0.431. The van der Waals surface area contributed by atoms with Crippen molar-refractivity contribution >= 4 is 0 Å². The summed E-state index contributed by atoms with van der Waals surface area (Å²) >= 11 is 0. The molecule has 0 aliphatic heterocycles. The smallest absolute Gasteiger partial charge is 0.109 e. The van der Waals surface area contributed by atoms with Crippen molar-refractivity contribution in [3.8, 4) is 11.3 Å². The van der Waals surface area contributed by atoms with Crippen molar-refractivity contribution in [2.75, 3.05) is 0 Å². The van der Waals surface area contributed by atoms with Crippen LogP contribution in [0.2, 0.25) is 0 Å². The lowest BCUT2D eigenvalue weighted by atomic mass is 9.89. The molecule has 0 unspecified atom stereocenters. The van der Waals surface area contributed by atoms with Crippen LogP contribution < -0.4 is 0 Å². The van der Waals surface area contributed by atoms with Gasteiger partial charge in [0.2, 0.25) is 0 Å². The fraction of sp³-hybridized carbons (Fsp3) is 0.471. The maximum atomic E-state index is 4.56. The number of benzene rings is 1. The molecule has 2 nitrogen and oxygen atoms in total. The average molecular weight is 256 g/mol. The summed E-state index contributed by atoms with van der Waals surface area (Å²) in [7, 11) is 0. The summed E-state index contributed by atoms with van der Waals surface area (Å²) in [6.07, 6.45) is 8.66. The van der Waals surface area contributed by atoms with Gasteiger partial charge in [0, 0.05) is 5.92 Å². The van der Waals surface area contributed by atoms with Crippen molar-refractivity contribution < 1.29 is 0 Å². The summed E-state index contributed by atoms with van der Waals surface area (Å²) in [6.45, 7) is 4.00. The van der Waals surface area contributed by atoms with Crippen molar-refractivity contribution in [2.24, 2.45) is 0 Å². The molecule has 1 aromatic carbocycles. The minimum absolute atomic E-state index is 0.654. The number of imidazole rings is 1. The Bertz CT molecular complexity index is 467. The number of nitrogens with one attached hydrogen (secondary N) is 1. The van der Waals surface area contributed by atoms with E-state index in [-0.39, 0.29) is 0 Å². The lowest BCUT2D eigenvalue weighted by Gasteiger charge is -2.19. The van der Waals surface area contributed by atoms with E-state index in [1.807, 2.05) is 26.1 Å². The summed E-state index contributed by atoms with van der Waals surface area (Å²) < 4.78 is 0. The monoisotopic (exact) mass is 256 g/mol. The Labute approximate surface area is 116 Å². The molecule has 19 heavy (non-hydrogen) atoms. The van der Waals surface area contributed by atoms with E-state index < -0.39 is 0 Å². The highest BCUT2D eigenvalue weighted by Crippen LogP contribution is 2.31. The summed E-state index contributed by atoms with van der Waals surface area (Å²) in [5, 5.41) is 0. The molecule has 1 heterocycles. The van der Waals surface area contributed by atoms with Crippen LogP contribution in [-0.4, -0.2) is 9.97 Å². The van der Waals surface area contributed by atoms with Crippen LogP contribution in [0.3, 0.4) is 0 Å². The molecule has 2 aromatic rings. The van der Waals surface area contributed by atoms with Crippen molar-refractivity contribution in [3.05, 3.63) is 42.4 Å². The third-order valence-corrected chi connectivity index (χ3v) is 3.67. The highest BCUT2D eigenvalue weighted by Gasteiger charge is 2.18. The third-order valence-electron chi connectivity index (χ3n) is 3.67. The van der Waals surface area contributed by atoms with E-state index in [9.17, 15) is 0 Å². The van der Waals surface area contributed by atoms with Crippen LogP contribution in [0.15, 0.2) is 36.5 Å². The van der Waals surface area contributed by atoms with Crippen LogP contribution in [0.5, 0.6) is 0 Å². The zero-order valence-corrected chi connectivity index (χ0v) is 12.0. The van der Waals surface area contributed by atoms with Gasteiger partial charge in [0.1, 0.15) is 5.82 Å². The normalized spacial score (nSPS) is 15.7. The van der Waals surface area contributed by atoms with Crippen LogP contribution in [0, 0.1) is 0 Å². The maximum absolute atomic E-state index is 4.56. The molecule has 102 valence electrons. The number of hydrogen-bond acceptors (Lipinski definition) is 1. The van der Waals surface area contributed by atoms with Gasteiger partial charge >= 0.3 is 0 Å². The van der Waals surface area contributed by atoms with Crippen molar-refractivity contribution in [2.45, 2.75) is 51.9 Å². The maximum Gasteiger partial charge on any atom is 0.109 e.